The van der Waals surface area contributed by atoms with E-state index in [0.29, 0.717) is 13.0 Å². The molecular weight excluding hydrogens is 436 g/mol. The summed E-state index contributed by atoms with van der Waals surface area (Å²) in [6.45, 7) is 4.60. The second kappa shape index (κ2) is 11.5. The lowest BCUT2D eigenvalue weighted by Crippen LogP contribution is -2.51. The van der Waals surface area contributed by atoms with Crippen molar-refractivity contribution in [2.75, 3.05) is 19.8 Å². The molecule has 1 amide bonds. The van der Waals surface area contributed by atoms with Crippen LogP contribution >= 0.6 is 0 Å². The lowest BCUT2D eigenvalue weighted by atomic mass is 9.98. The quantitative estimate of drug-likeness (QED) is 0.424. The van der Waals surface area contributed by atoms with Gasteiger partial charge in [0.15, 0.2) is 0 Å². The number of hydrogen-bond acceptors (Lipinski definition) is 4. The van der Waals surface area contributed by atoms with Gasteiger partial charge < -0.3 is 20.5 Å². The van der Waals surface area contributed by atoms with Crippen LogP contribution in [0, 0.1) is 5.92 Å². The average molecular weight is 473 g/mol. The lowest BCUT2D eigenvalue weighted by Gasteiger charge is -2.34. The molecule has 35 heavy (non-hydrogen) atoms. The number of carbonyl (C=O) groups is 1. The predicted molar refractivity (Wildman–Crippen MR) is 140 cm³/mol. The Bertz CT molecular complexity index is 1070. The summed E-state index contributed by atoms with van der Waals surface area (Å²) in [4.78, 5) is 15.1. The summed E-state index contributed by atoms with van der Waals surface area (Å²) in [6.07, 6.45) is 1.03. The molecule has 1 aliphatic carbocycles. The van der Waals surface area contributed by atoms with E-state index in [9.17, 15) is 9.90 Å². The lowest BCUT2D eigenvalue weighted by molar-refractivity contribution is 0.0615. The van der Waals surface area contributed by atoms with Crippen molar-refractivity contribution >= 4 is 6.09 Å². The maximum atomic E-state index is 13.5. The summed E-state index contributed by atoms with van der Waals surface area (Å²) < 4.78 is 5.96. The first-order valence-corrected chi connectivity index (χ1v) is 12.5. The third-order valence-electron chi connectivity index (χ3n) is 7.32. The number of amides is 1. The number of hydrogen-bond donors (Lipinski definition) is 2. The van der Waals surface area contributed by atoms with Gasteiger partial charge in [0, 0.05) is 18.5 Å². The Morgan fingerprint density at radius 3 is 2.11 bits per heavy atom. The molecule has 0 bridgehead atoms. The molecule has 0 saturated carbocycles. The van der Waals surface area contributed by atoms with E-state index in [2.05, 4.69) is 38.1 Å². The van der Waals surface area contributed by atoms with Crippen molar-refractivity contribution < 1.29 is 14.6 Å². The molecule has 3 atom stereocenters. The maximum absolute atomic E-state index is 13.5. The Morgan fingerprint density at radius 2 is 1.54 bits per heavy atom. The van der Waals surface area contributed by atoms with Crippen molar-refractivity contribution in [2.45, 2.75) is 44.7 Å². The van der Waals surface area contributed by atoms with E-state index in [1.807, 2.05) is 54.6 Å². The third-order valence-corrected chi connectivity index (χ3v) is 7.32. The number of fused-ring (bicyclic) bond motifs is 3. The zero-order valence-electron chi connectivity index (χ0n) is 20.6. The minimum absolute atomic E-state index is 0.0156. The molecule has 3 unspecified atom stereocenters. The molecule has 0 saturated heterocycles. The van der Waals surface area contributed by atoms with Crippen molar-refractivity contribution in [3.63, 3.8) is 0 Å². The standard InChI is InChI=1S/C30H36N2O3/c1-3-21(2)29(31)18-32(23(19-33)17-22-11-5-4-6-12-22)30(34)35-20-28-26-15-9-7-13-24(26)25-14-8-10-16-27(25)28/h4-16,21,23,28-29,33H,3,17-20,31H2,1-2H3. The Morgan fingerprint density at radius 1 is 0.971 bits per heavy atom. The van der Waals surface area contributed by atoms with E-state index in [-0.39, 0.29) is 31.1 Å². The number of aliphatic hydroxyl groups excluding tert-OH is 1. The van der Waals surface area contributed by atoms with Gasteiger partial charge in [-0.3, -0.25) is 0 Å². The van der Waals surface area contributed by atoms with Crippen molar-refractivity contribution in [1.82, 2.24) is 4.90 Å². The van der Waals surface area contributed by atoms with Gasteiger partial charge in [0.05, 0.1) is 12.6 Å². The Labute approximate surface area is 208 Å². The molecule has 0 heterocycles. The highest BCUT2D eigenvalue weighted by Gasteiger charge is 2.32. The fourth-order valence-electron chi connectivity index (χ4n) is 4.92. The van der Waals surface area contributed by atoms with Crippen molar-refractivity contribution in [2.24, 2.45) is 11.7 Å². The van der Waals surface area contributed by atoms with Gasteiger partial charge in [0.2, 0.25) is 0 Å². The molecular formula is C30H36N2O3. The second-order valence-corrected chi connectivity index (χ2v) is 9.53. The highest BCUT2D eigenvalue weighted by molar-refractivity contribution is 5.79. The van der Waals surface area contributed by atoms with Crippen LogP contribution in [0.1, 0.15) is 42.9 Å². The summed E-state index contributed by atoms with van der Waals surface area (Å²) in [5.74, 6) is 0.230. The summed E-state index contributed by atoms with van der Waals surface area (Å²) in [6, 6.07) is 25.9. The van der Waals surface area contributed by atoms with Gasteiger partial charge in [0.25, 0.3) is 0 Å². The molecule has 0 spiro atoms. The Hall–Kier alpha value is -3.15. The van der Waals surface area contributed by atoms with Crippen LogP contribution in [0.25, 0.3) is 11.1 Å². The normalized spacial score (nSPS) is 15.1. The maximum Gasteiger partial charge on any atom is 0.410 e. The van der Waals surface area contributed by atoms with Gasteiger partial charge in [-0.15, -0.1) is 0 Å². The van der Waals surface area contributed by atoms with Gasteiger partial charge in [0.1, 0.15) is 6.61 Å². The third kappa shape index (κ3) is 5.58. The van der Waals surface area contributed by atoms with Gasteiger partial charge >= 0.3 is 6.09 Å². The molecule has 3 N–H and O–H groups in total. The van der Waals surface area contributed by atoms with Crippen molar-refractivity contribution in [1.29, 1.82) is 0 Å². The van der Waals surface area contributed by atoms with Crippen molar-refractivity contribution in [3.8, 4) is 11.1 Å². The van der Waals surface area contributed by atoms with Gasteiger partial charge in [-0.25, -0.2) is 4.79 Å². The molecule has 3 aromatic rings. The topological polar surface area (TPSA) is 75.8 Å². The summed E-state index contributed by atoms with van der Waals surface area (Å²) in [5.41, 5.74) is 12.3. The van der Waals surface area contributed by atoms with Crippen LogP contribution in [0.3, 0.4) is 0 Å². The number of aliphatic hydroxyl groups is 1. The van der Waals surface area contributed by atoms with Gasteiger partial charge in [-0.05, 0) is 40.2 Å². The molecule has 0 radical (unpaired) electrons. The number of rotatable bonds is 10. The second-order valence-electron chi connectivity index (χ2n) is 9.53. The molecule has 0 fully saturated rings. The van der Waals surface area contributed by atoms with Crippen LogP contribution in [0.15, 0.2) is 78.9 Å². The SMILES string of the molecule is CCC(C)C(N)CN(C(=O)OCC1c2ccccc2-c2ccccc21)C(CO)Cc1ccccc1. The molecule has 184 valence electrons. The highest BCUT2D eigenvalue weighted by Crippen LogP contribution is 2.44. The van der Waals surface area contributed by atoms with Crippen LogP contribution in [0.2, 0.25) is 0 Å². The molecule has 0 aliphatic heterocycles. The molecule has 4 rings (SSSR count). The molecule has 0 aromatic heterocycles. The van der Waals surface area contributed by atoms with Crippen LogP contribution in [-0.2, 0) is 11.2 Å². The first-order chi connectivity index (χ1) is 17.0. The Balaban J connectivity index is 1.54. The molecule has 5 heteroatoms. The van der Waals surface area contributed by atoms with Crippen LogP contribution in [-0.4, -0.2) is 47.9 Å². The first kappa shape index (κ1) is 25.0. The van der Waals surface area contributed by atoms with Gasteiger partial charge in [-0.1, -0.05) is 99.1 Å². The summed E-state index contributed by atoms with van der Waals surface area (Å²) >= 11 is 0. The zero-order valence-corrected chi connectivity index (χ0v) is 20.6. The fraction of sp³-hybridized carbons (Fsp3) is 0.367. The summed E-state index contributed by atoms with van der Waals surface area (Å²) in [5, 5.41) is 10.3. The summed E-state index contributed by atoms with van der Waals surface area (Å²) in [7, 11) is 0. The Kier molecular flexibility index (Phi) is 8.21. The number of nitrogens with two attached hydrogens (primary N) is 1. The fourth-order valence-corrected chi connectivity index (χ4v) is 4.92. The predicted octanol–water partition coefficient (Wildman–Crippen LogP) is 5.21. The molecule has 5 nitrogen and oxygen atoms in total. The van der Waals surface area contributed by atoms with E-state index in [4.69, 9.17) is 10.5 Å². The highest BCUT2D eigenvalue weighted by atomic mass is 16.6. The molecule has 3 aromatic carbocycles. The van der Waals surface area contributed by atoms with Crippen LogP contribution < -0.4 is 5.73 Å². The van der Waals surface area contributed by atoms with E-state index < -0.39 is 12.1 Å². The van der Waals surface area contributed by atoms with Crippen molar-refractivity contribution in [3.05, 3.63) is 95.6 Å². The van der Waals surface area contributed by atoms with E-state index in [1.165, 1.54) is 22.3 Å². The number of nitrogens with zero attached hydrogens (tertiary/aromatic N) is 1. The zero-order chi connectivity index (χ0) is 24.8. The minimum Gasteiger partial charge on any atom is -0.448 e. The average Bonchev–Trinajstić information content (AvgIpc) is 3.22. The first-order valence-electron chi connectivity index (χ1n) is 12.5. The van der Waals surface area contributed by atoms with Crippen LogP contribution in [0.5, 0.6) is 0 Å². The van der Waals surface area contributed by atoms with E-state index in [1.54, 1.807) is 4.90 Å². The smallest absolute Gasteiger partial charge is 0.410 e. The van der Waals surface area contributed by atoms with E-state index >= 15 is 0 Å². The monoisotopic (exact) mass is 472 g/mol. The van der Waals surface area contributed by atoms with Crippen LogP contribution in [0.4, 0.5) is 4.79 Å². The van der Waals surface area contributed by atoms with E-state index in [0.717, 1.165) is 12.0 Å². The number of ether oxygens (including phenoxy) is 1. The van der Waals surface area contributed by atoms with Gasteiger partial charge in [-0.2, -0.15) is 0 Å². The molecule has 1 aliphatic rings. The number of benzene rings is 3. The largest absolute Gasteiger partial charge is 0.448 e. The number of carbonyl (C=O) groups excluding carboxylic acids is 1. The minimum atomic E-state index is -0.430.